The predicted octanol–water partition coefficient (Wildman–Crippen LogP) is 3.34. The Balaban J connectivity index is 2.45. The summed E-state index contributed by atoms with van der Waals surface area (Å²) in [6.07, 6.45) is 0.562. The average molecular weight is 378 g/mol. The molecule has 0 unspecified atom stereocenters. The molecule has 0 saturated carbocycles. The van der Waals surface area contributed by atoms with Gasteiger partial charge in [0.2, 0.25) is 15.9 Å². The van der Waals surface area contributed by atoms with E-state index in [0.717, 1.165) is 17.4 Å². The van der Waals surface area contributed by atoms with Crippen LogP contribution in [0.4, 0.5) is 17.6 Å². The number of hydrogen-bond acceptors (Lipinski definition) is 4. The number of benzene rings is 1. The van der Waals surface area contributed by atoms with E-state index in [1.165, 1.54) is 25.1 Å². The lowest BCUT2D eigenvalue weighted by atomic mass is 10.1. The van der Waals surface area contributed by atoms with Gasteiger partial charge in [-0.05, 0) is 24.6 Å². The first-order valence-corrected chi connectivity index (χ1v) is 8.40. The van der Waals surface area contributed by atoms with E-state index < -0.39 is 45.1 Å². The monoisotopic (exact) mass is 378 g/mol. The number of nitrogens with zero attached hydrogens (tertiary/aromatic N) is 2. The third-order valence-electron chi connectivity index (χ3n) is 3.52. The number of hydrogen-bond donors (Lipinski definition) is 0. The molecule has 1 atom stereocenters. The van der Waals surface area contributed by atoms with Gasteiger partial charge in [0.25, 0.3) is 0 Å². The van der Waals surface area contributed by atoms with Crippen LogP contribution < -0.4 is 4.74 Å². The van der Waals surface area contributed by atoms with E-state index in [9.17, 15) is 26.0 Å². The van der Waals surface area contributed by atoms with Gasteiger partial charge in [0.1, 0.15) is 16.5 Å². The molecule has 1 heterocycles. The summed E-state index contributed by atoms with van der Waals surface area (Å²) in [7, 11) is -3.29. The Labute approximate surface area is 141 Å². The lowest BCUT2D eigenvalue weighted by Crippen LogP contribution is -2.30. The molecule has 0 aliphatic carbocycles. The minimum atomic E-state index is -4.45. The summed E-state index contributed by atoms with van der Waals surface area (Å²) in [5, 5.41) is 0. The Bertz CT molecular complexity index is 862. The number of sulfonamides is 1. The van der Waals surface area contributed by atoms with Crippen molar-refractivity contribution < 1.29 is 30.7 Å². The molecular weight excluding hydrogens is 364 g/mol. The van der Waals surface area contributed by atoms with Crippen molar-refractivity contribution in [3.8, 4) is 5.88 Å². The average Bonchev–Trinajstić information content (AvgIpc) is 2.54. The van der Waals surface area contributed by atoms with Crippen molar-refractivity contribution in [3.05, 3.63) is 53.7 Å². The maximum atomic E-state index is 13.4. The van der Waals surface area contributed by atoms with Crippen LogP contribution in [0.2, 0.25) is 0 Å². The third kappa shape index (κ3) is 4.26. The fourth-order valence-corrected chi connectivity index (χ4v) is 3.54. The molecule has 0 N–H and O–H groups in total. The second kappa shape index (κ2) is 7.36. The maximum absolute atomic E-state index is 13.4. The van der Waals surface area contributed by atoms with Gasteiger partial charge in [0.05, 0.1) is 6.20 Å². The quantitative estimate of drug-likeness (QED) is 0.724. The minimum Gasteiger partial charge on any atom is -0.415 e. The summed E-state index contributed by atoms with van der Waals surface area (Å²) < 4.78 is 81.9. The third-order valence-corrected chi connectivity index (χ3v) is 5.44. The van der Waals surface area contributed by atoms with Gasteiger partial charge < -0.3 is 4.74 Å². The van der Waals surface area contributed by atoms with Gasteiger partial charge in [-0.15, -0.1) is 0 Å². The normalized spacial score (nSPS) is 13.3. The zero-order chi connectivity index (χ0) is 18.8. The molecule has 0 amide bonds. The summed E-state index contributed by atoms with van der Waals surface area (Å²) in [5.74, 6) is -2.52. The lowest BCUT2D eigenvalue weighted by Gasteiger charge is -2.25. The van der Waals surface area contributed by atoms with Crippen molar-refractivity contribution in [1.82, 2.24) is 9.29 Å². The van der Waals surface area contributed by atoms with Crippen molar-refractivity contribution in [1.29, 1.82) is 0 Å². The van der Waals surface area contributed by atoms with E-state index in [-0.39, 0.29) is 0 Å². The van der Waals surface area contributed by atoms with E-state index in [1.807, 2.05) is 0 Å². The van der Waals surface area contributed by atoms with Crippen molar-refractivity contribution in [3.63, 3.8) is 0 Å². The van der Waals surface area contributed by atoms with Crippen LogP contribution in [-0.4, -0.2) is 31.4 Å². The zero-order valence-corrected chi connectivity index (χ0v) is 14.0. The standard InChI is InChI=1S/C15H14F4N2O3S/c1-9(10-4-3-5-11(16)6-10)21(2)25(22,23)13-7-12(17)8-20-14(13)24-15(18)19/h3-9,15H,1-2H3/t9-/m1/s1. The SMILES string of the molecule is C[C@H](c1cccc(F)c1)N(C)S(=O)(=O)c1cc(F)cnc1OC(F)F. The number of aromatic nitrogens is 1. The number of alkyl halides is 2. The van der Waals surface area contributed by atoms with Gasteiger partial charge in [-0.2, -0.15) is 13.1 Å². The van der Waals surface area contributed by atoms with Crippen molar-refractivity contribution in [2.24, 2.45) is 0 Å². The Morgan fingerprint density at radius 1 is 1.16 bits per heavy atom. The van der Waals surface area contributed by atoms with Crippen molar-refractivity contribution in [2.75, 3.05) is 7.05 Å². The first-order chi connectivity index (χ1) is 11.6. The van der Waals surface area contributed by atoms with Gasteiger partial charge in [0.15, 0.2) is 0 Å². The Morgan fingerprint density at radius 2 is 1.84 bits per heavy atom. The molecule has 0 aliphatic heterocycles. The summed E-state index contributed by atoms with van der Waals surface area (Å²) in [6, 6.07) is 4.90. The van der Waals surface area contributed by atoms with Crippen LogP contribution in [0.25, 0.3) is 0 Å². The molecule has 25 heavy (non-hydrogen) atoms. The van der Waals surface area contributed by atoms with Crippen LogP contribution in [-0.2, 0) is 10.0 Å². The highest BCUT2D eigenvalue weighted by molar-refractivity contribution is 7.89. The molecule has 0 saturated heterocycles. The molecule has 0 radical (unpaired) electrons. The largest absolute Gasteiger partial charge is 0.415 e. The van der Waals surface area contributed by atoms with Crippen LogP contribution in [0, 0.1) is 11.6 Å². The highest BCUT2D eigenvalue weighted by Gasteiger charge is 2.31. The predicted molar refractivity (Wildman–Crippen MR) is 80.6 cm³/mol. The number of rotatable bonds is 6. The van der Waals surface area contributed by atoms with Gasteiger partial charge in [-0.3, -0.25) is 0 Å². The molecule has 0 fully saturated rings. The molecular formula is C15H14F4N2O3S. The van der Waals surface area contributed by atoms with Gasteiger partial charge in [0, 0.05) is 19.2 Å². The Morgan fingerprint density at radius 3 is 2.44 bits per heavy atom. The fraction of sp³-hybridized carbons (Fsp3) is 0.267. The second-order valence-corrected chi connectivity index (χ2v) is 7.05. The van der Waals surface area contributed by atoms with Crippen LogP contribution in [0.5, 0.6) is 5.88 Å². The maximum Gasteiger partial charge on any atom is 0.388 e. The molecule has 2 aromatic rings. The first kappa shape index (κ1) is 19.1. The van der Waals surface area contributed by atoms with Crippen molar-refractivity contribution in [2.45, 2.75) is 24.5 Å². The smallest absolute Gasteiger partial charge is 0.388 e. The van der Waals surface area contributed by atoms with E-state index in [1.54, 1.807) is 0 Å². The molecule has 136 valence electrons. The zero-order valence-electron chi connectivity index (χ0n) is 13.2. The highest BCUT2D eigenvalue weighted by Crippen LogP contribution is 2.31. The number of pyridine rings is 1. The number of ether oxygens (including phenoxy) is 1. The van der Waals surface area contributed by atoms with E-state index in [2.05, 4.69) is 9.72 Å². The molecule has 10 heteroatoms. The minimum absolute atomic E-state index is 0.326. The summed E-state index contributed by atoms with van der Waals surface area (Å²) >= 11 is 0. The van der Waals surface area contributed by atoms with Gasteiger partial charge in [-0.1, -0.05) is 12.1 Å². The molecule has 0 spiro atoms. The fourth-order valence-electron chi connectivity index (χ4n) is 2.11. The van der Waals surface area contributed by atoms with E-state index in [0.29, 0.717) is 17.8 Å². The first-order valence-electron chi connectivity index (χ1n) is 6.96. The summed E-state index contributed by atoms with van der Waals surface area (Å²) in [4.78, 5) is 2.42. The van der Waals surface area contributed by atoms with Crippen LogP contribution in [0.3, 0.4) is 0 Å². The van der Waals surface area contributed by atoms with E-state index in [4.69, 9.17) is 0 Å². The lowest BCUT2D eigenvalue weighted by molar-refractivity contribution is -0.0550. The van der Waals surface area contributed by atoms with Gasteiger partial charge >= 0.3 is 6.61 Å². The molecule has 5 nitrogen and oxygen atoms in total. The highest BCUT2D eigenvalue weighted by atomic mass is 32.2. The van der Waals surface area contributed by atoms with E-state index >= 15 is 0 Å². The molecule has 0 aliphatic rings. The van der Waals surface area contributed by atoms with Crippen molar-refractivity contribution >= 4 is 10.0 Å². The molecule has 2 rings (SSSR count). The molecule has 1 aromatic heterocycles. The van der Waals surface area contributed by atoms with Crippen LogP contribution >= 0.6 is 0 Å². The molecule has 1 aromatic carbocycles. The summed E-state index contributed by atoms with van der Waals surface area (Å²) in [5.41, 5.74) is 0.326. The van der Waals surface area contributed by atoms with Crippen LogP contribution in [0.1, 0.15) is 18.5 Å². The van der Waals surface area contributed by atoms with Crippen LogP contribution in [0.15, 0.2) is 41.4 Å². The number of halogens is 4. The van der Waals surface area contributed by atoms with Gasteiger partial charge in [-0.25, -0.2) is 22.2 Å². The second-order valence-electron chi connectivity index (χ2n) is 5.09. The Kier molecular flexibility index (Phi) is 5.63. The Hall–Kier alpha value is -2.20. The summed E-state index contributed by atoms with van der Waals surface area (Å²) in [6.45, 7) is -1.87. The molecule has 0 bridgehead atoms. The topological polar surface area (TPSA) is 59.5 Å².